The number of rotatable bonds is 19. The highest BCUT2D eigenvalue weighted by molar-refractivity contribution is 5.85. The first-order valence-corrected chi connectivity index (χ1v) is 12.7. The molecule has 4 N–H and O–H groups in total. The Bertz CT molecular complexity index is 722. The predicted octanol–water partition coefficient (Wildman–Crippen LogP) is 3.60. The van der Waals surface area contributed by atoms with Gasteiger partial charge >= 0.3 is 0 Å². The number of aliphatic hydroxyl groups excluding tert-OH is 1. The maximum absolute atomic E-state index is 12.3. The molecule has 0 saturated carbocycles. The van der Waals surface area contributed by atoms with Crippen molar-refractivity contribution in [3.05, 3.63) is 23.8 Å². The molecule has 8 nitrogen and oxygen atoms in total. The van der Waals surface area contributed by atoms with E-state index in [1.54, 1.807) is 21.3 Å². The summed E-state index contributed by atoms with van der Waals surface area (Å²) in [7, 11) is 4.95. The number of benzene rings is 1. The van der Waals surface area contributed by atoms with E-state index in [1.807, 2.05) is 25.1 Å². The molecule has 0 aliphatic heterocycles. The molecule has 0 spiro atoms. The summed E-state index contributed by atoms with van der Waals surface area (Å²) < 4.78 is 21.5. The lowest BCUT2D eigenvalue weighted by molar-refractivity contribution is -0.125. The number of nitrogens with two attached hydrogens (primary N) is 1. The van der Waals surface area contributed by atoms with Crippen molar-refractivity contribution in [2.45, 2.75) is 65.0 Å². The van der Waals surface area contributed by atoms with Crippen LogP contribution in [0.25, 0.3) is 0 Å². The molecule has 1 rings (SSSR count). The fraction of sp³-hybridized carbons (Fsp3) is 0.741. The van der Waals surface area contributed by atoms with E-state index in [9.17, 15) is 9.90 Å². The predicted molar refractivity (Wildman–Crippen MR) is 146 cm³/mol. The van der Waals surface area contributed by atoms with Gasteiger partial charge < -0.3 is 35.1 Å². The minimum Gasteiger partial charge on any atom is -0.493 e. The van der Waals surface area contributed by atoms with Crippen molar-refractivity contribution in [1.29, 1.82) is 0 Å². The standard InChI is InChI=1S/C27H48N2O6.ClH/c1-19(2)22(16-21-9-10-25(34-6)26(17-21)35-14-8-13-33-5)18-23(28)24(30)15-20(3)27(31)29-11-7-12-32-4;/h9-10,17,19-20,22-24,30H,7-8,11-16,18,28H2,1-6H3,(H,29,31);1H/t20-,22+,23+,24+;/m1./s1. The molecule has 0 heterocycles. The van der Waals surface area contributed by atoms with Crippen LogP contribution in [0, 0.1) is 17.8 Å². The lowest BCUT2D eigenvalue weighted by Crippen LogP contribution is -2.41. The molecule has 9 heteroatoms. The van der Waals surface area contributed by atoms with Gasteiger partial charge in [0.2, 0.25) is 5.91 Å². The third kappa shape index (κ3) is 13.1. The molecule has 0 radical (unpaired) electrons. The average molecular weight is 533 g/mol. The van der Waals surface area contributed by atoms with Crippen LogP contribution in [0.15, 0.2) is 18.2 Å². The molecule has 0 fully saturated rings. The van der Waals surface area contributed by atoms with Gasteiger partial charge in [0.05, 0.1) is 19.8 Å². The molecule has 1 amide bonds. The van der Waals surface area contributed by atoms with Crippen molar-refractivity contribution < 1.29 is 28.8 Å². The number of aliphatic hydroxyl groups is 1. The Morgan fingerprint density at radius 1 is 1.00 bits per heavy atom. The van der Waals surface area contributed by atoms with Gasteiger partial charge in [-0.2, -0.15) is 0 Å². The van der Waals surface area contributed by atoms with Gasteiger partial charge in [-0.1, -0.05) is 26.8 Å². The summed E-state index contributed by atoms with van der Waals surface area (Å²) >= 11 is 0. The van der Waals surface area contributed by atoms with Gasteiger partial charge in [0, 0.05) is 52.4 Å². The van der Waals surface area contributed by atoms with Gasteiger partial charge in [-0.25, -0.2) is 0 Å². The van der Waals surface area contributed by atoms with E-state index < -0.39 is 12.1 Å². The molecule has 0 aliphatic carbocycles. The first-order chi connectivity index (χ1) is 16.7. The molecule has 36 heavy (non-hydrogen) atoms. The Morgan fingerprint density at radius 3 is 2.28 bits per heavy atom. The highest BCUT2D eigenvalue weighted by Gasteiger charge is 2.26. The topological polar surface area (TPSA) is 112 Å². The van der Waals surface area contributed by atoms with Crippen LogP contribution >= 0.6 is 12.4 Å². The first kappa shape index (κ1) is 34.4. The van der Waals surface area contributed by atoms with Crippen molar-refractivity contribution in [2.75, 3.05) is 47.7 Å². The van der Waals surface area contributed by atoms with Crippen LogP contribution in [0.4, 0.5) is 0 Å². The Morgan fingerprint density at radius 2 is 1.67 bits per heavy atom. The van der Waals surface area contributed by atoms with E-state index in [4.69, 9.17) is 24.7 Å². The average Bonchev–Trinajstić information content (AvgIpc) is 2.83. The number of hydrogen-bond acceptors (Lipinski definition) is 7. The van der Waals surface area contributed by atoms with E-state index in [0.717, 1.165) is 30.6 Å². The van der Waals surface area contributed by atoms with Crippen LogP contribution in [-0.4, -0.2) is 70.9 Å². The van der Waals surface area contributed by atoms with E-state index in [2.05, 4.69) is 19.2 Å². The van der Waals surface area contributed by atoms with Gasteiger partial charge in [0.15, 0.2) is 11.5 Å². The second-order valence-corrected chi connectivity index (χ2v) is 9.63. The molecule has 0 bridgehead atoms. The molecular weight excluding hydrogens is 484 g/mol. The van der Waals surface area contributed by atoms with Gasteiger partial charge in [-0.3, -0.25) is 4.79 Å². The Hall–Kier alpha value is -1.58. The molecule has 1 aromatic carbocycles. The number of nitrogens with one attached hydrogen (secondary N) is 1. The fourth-order valence-corrected chi connectivity index (χ4v) is 3.99. The van der Waals surface area contributed by atoms with E-state index in [1.165, 1.54) is 0 Å². The Kier molecular flexibility index (Phi) is 18.7. The number of ether oxygens (including phenoxy) is 4. The summed E-state index contributed by atoms with van der Waals surface area (Å²) in [5.41, 5.74) is 7.55. The summed E-state index contributed by atoms with van der Waals surface area (Å²) in [5.74, 6) is 1.70. The van der Waals surface area contributed by atoms with Crippen molar-refractivity contribution in [3.8, 4) is 11.5 Å². The van der Waals surface area contributed by atoms with E-state index in [-0.39, 0.29) is 30.2 Å². The van der Waals surface area contributed by atoms with Crippen LogP contribution in [0.5, 0.6) is 11.5 Å². The molecule has 0 aromatic heterocycles. The summed E-state index contributed by atoms with van der Waals surface area (Å²) in [6.07, 6.45) is 2.63. The second kappa shape index (κ2) is 19.5. The van der Waals surface area contributed by atoms with Crippen molar-refractivity contribution in [2.24, 2.45) is 23.5 Å². The number of amides is 1. The monoisotopic (exact) mass is 532 g/mol. The largest absolute Gasteiger partial charge is 0.493 e. The highest BCUT2D eigenvalue weighted by Crippen LogP contribution is 2.31. The summed E-state index contributed by atoms with van der Waals surface area (Å²) in [6.45, 7) is 8.54. The highest BCUT2D eigenvalue weighted by atomic mass is 35.5. The van der Waals surface area contributed by atoms with Crippen LogP contribution in [0.2, 0.25) is 0 Å². The first-order valence-electron chi connectivity index (χ1n) is 12.7. The van der Waals surface area contributed by atoms with Gasteiger partial charge in [0.25, 0.3) is 0 Å². The summed E-state index contributed by atoms with van der Waals surface area (Å²) in [4.78, 5) is 12.3. The Labute approximate surface area is 224 Å². The molecule has 0 saturated heterocycles. The van der Waals surface area contributed by atoms with Gasteiger partial charge in [-0.15, -0.1) is 12.4 Å². The smallest absolute Gasteiger partial charge is 0.222 e. The number of methoxy groups -OCH3 is 3. The minimum absolute atomic E-state index is 0. The second-order valence-electron chi connectivity index (χ2n) is 9.63. The number of halogens is 1. The zero-order valence-electron chi connectivity index (χ0n) is 23.0. The zero-order valence-corrected chi connectivity index (χ0v) is 23.8. The number of carbonyl (C=O) groups excluding carboxylic acids is 1. The SMILES string of the molecule is COCCCNC(=O)[C@H](C)C[C@H](O)[C@@H](N)C[C@H](Cc1ccc(OC)c(OCCCOC)c1)C(C)C.Cl. The van der Waals surface area contributed by atoms with Crippen LogP contribution in [0.3, 0.4) is 0 Å². The third-order valence-corrected chi connectivity index (χ3v) is 6.36. The van der Waals surface area contributed by atoms with Crippen molar-refractivity contribution in [3.63, 3.8) is 0 Å². The van der Waals surface area contributed by atoms with Gasteiger partial charge in [-0.05, 0) is 55.2 Å². The lowest BCUT2D eigenvalue weighted by Gasteiger charge is -2.28. The van der Waals surface area contributed by atoms with Crippen LogP contribution in [-0.2, 0) is 20.7 Å². The molecule has 4 atom stereocenters. The molecule has 0 unspecified atom stereocenters. The normalized spacial score (nSPS) is 14.5. The Balaban J connectivity index is 0.0000122. The maximum Gasteiger partial charge on any atom is 0.222 e. The lowest BCUT2D eigenvalue weighted by atomic mass is 9.82. The van der Waals surface area contributed by atoms with Crippen LogP contribution < -0.4 is 20.5 Å². The number of hydrogen-bond donors (Lipinski definition) is 3. The van der Waals surface area contributed by atoms with Crippen LogP contribution in [0.1, 0.15) is 52.0 Å². The summed E-state index contributed by atoms with van der Waals surface area (Å²) in [5, 5.41) is 13.6. The third-order valence-electron chi connectivity index (χ3n) is 6.36. The molecule has 0 aliphatic rings. The molecule has 210 valence electrons. The van der Waals surface area contributed by atoms with Gasteiger partial charge in [0.1, 0.15) is 0 Å². The maximum atomic E-state index is 12.3. The van der Waals surface area contributed by atoms with Crippen molar-refractivity contribution >= 4 is 18.3 Å². The fourth-order valence-electron chi connectivity index (χ4n) is 3.99. The molecule has 1 aromatic rings. The molecular formula is C27H49ClN2O6. The van der Waals surface area contributed by atoms with E-state index in [0.29, 0.717) is 50.9 Å². The zero-order chi connectivity index (χ0) is 26.2. The minimum atomic E-state index is -0.744. The quantitative estimate of drug-likeness (QED) is 0.233. The number of carbonyl (C=O) groups is 1. The van der Waals surface area contributed by atoms with E-state index >= 15 is 0 Å². The summed E-state index contributed by atoms with van der Waals surface area (Å²) in [6, 6.07) is 5.60. The van der Waals surface area contributed by atoms with Crippen molar-refractivity contribution in [1.82, 2.24) is 5.32 Å².